The Morgan fingerprint density at radius 3 is 2.56 bits per heavy atom. The fourth-order valence-corrected chi connectivity index (χ4v) is 2.48. The maximum atomic E-state index is 11.5. The van der Waals surface area contributed by atoms with Gasteiger partial charge in [0.1, 0.15) is 0 Å². The lowest BCUT2D eigenvalue weighted by atomic mass is 9.77. The first-order chi connectivity index (χ1) is 7.65. The summed E-state index contributed by atoms with van der Waals surface area (Å²) in [5, 5.41) is 13.3. The molecule has 16 heavy (non-hydrogen) atoms. The van der Waals surface area contributed by atoms with Crippen molar-refractivity contribution in [1.82, 2.24) is 10.2 Å². The van der Waals surface area contributed by atoms with Crippen LogP contribution in [0.25, 0.3) is 0 Å². The van der Waals surface area contributed by atoms with E-state index in [0.717, 1.165) is 12.8 Å². The van der Waals surface area contributed by atoms with Crippen LogP contribution in [-0.4, -0.2) is 54.5 Å². The molecule has 0 unspecified atom stereocenters. The maximum Gasteiger partial charge on any atom is 0.409 e. The maximum absolute atomic E-state index is 11.5. The molecular weight excluding hydrogens is 208 g/mol. The number of likely N-dealkylation sites (tertiary alicyclic amines) is 1. The van der Waals surface area contributed by atoms with Gasteiger partial charge in [-0.1, -0.05) is 0 Å². The van der Waals surface area contributed by atoms with Gasteiger partial charge in [0.25, 0.3) is 0 Å². The minimum atomic E-state index is -0.527. The zero-order chi connectivity index (χ0) is 11.6. The molecule has 2 fully saturated rings. The molecule has 5 heteroatoms. The number of amides is 1. The summed E-state index contributed by atoms with van der Waals surface area (Å²) in [6.45, 7) is 5.02. The summed E-state index contributed by atoms with van der Waals surface area (Å²) in [6, 6.07) is 0. The Kier molecular flexibility index (Phi) is 3.35. The van der Waals surface area contributed by atoms with Gasteiger partial charge in [-0.25, -0.2) is 4.79 Å². The number of nitrogens with one attached hydrogen (secondary N) is 1. The highest BCUT2D eigenvalue weighted by atomic mass is 16.6. The number of carbonyl (C=O) groups is 1. The molecule has 0 atom stereocenters. The van der Waals surface area contributed by atoms with Gasteiger partial charge in [0, 0.05) is 26.2 Å². The fraction of sp³-hybridized carbons (Fsp3) is 0.909. The summed E-state index contributed by atoms with van der Waals surface area (Å²) in [6.07, 6.45) is 1.52. The van der Waals surface area contributed by atoms with Gasteiger partial charge in [-0.15, -0.1) is 0 Å². The lowest BCUT2D eigenvalue weighted by molar-refractivity contribution is -0.0787. The molecule has 2 rings (SSSR count). The Bertz CT molecular complexity index is 258. The number of β-amino-alcohol motifs (C(OH)–C–C–N with tert-alkyl or cyclic N) is 1. The van der Waals surface area contributed by atoms with E-state index in [0.29, 0.717) is 38.7 Å². The molecule has 0 aromatic carbocycles. The summed E-state index contributed by atoms with van der Waals surface area (Å²) in [7, 11) is 0. The Balaban J connectivity index is 1.80. The quantitative estimate of drug-likeness (QED) is 0.708. The van der Waals surface area contributed by atoms with Crippen LogP contribution in [0.2, 0.25) is 0 Å². The third kappa shape index (κ3) is 2.15. The molecule has 2 saturated heterocycles. The SMILES string of the molecule is CCOC(=O)N1CCC(C2(O)CNC2)CC1. The number of rotatable bonds is 2. The van der Waals surface area contributed by atoms with Gasteiger partial charge in [0.2, 0.25) is 0 Å². The van der Waals surface area contributed by atoms with Gasteiger partial charge >= 0.3 is 6.09 Å². The van der Waals surface area contributed by atoms with Crippen LogP contribution in [0.4, 0.5) is 4.79 Å². The smallest absolute Gasteiger partial charge is 0.409 e. The van der Waals surface area contributed by atoms with E-state index < -0.39 is 5.60 Å². The average Bonchev–Trinajstić information content (AvgIpc) is 2.26. The molecule has 0 aromatic heterocycles. The van der Waals surface area contributed by atoms with Crippen molar-refractivity contribution in [1.29, 1.82) is 0 Å². The number of nitrogens with zero attached hydrogens (tertiary/aromatic N) is 1. The summed E-state index contributed by atoms with van der Waals surface area (Å²) in [5.74, 6) is 0.319. The van der Waals surface area contributed by atoms with Gasteiger partial charge in [0.15, 0.2) is 0 Å². The molecule has 0 aromatic rings. The summed E-state index contributed by atoms with van der Waals surface area (Å²) in [4.78, 5) is 13.2. The molecule has 5 nitrogen and oxygen atoms in total. The molecule has 2 N–H and O–H groups in total. The Labute approximate surface area is 95.8 Å². The molecule has 0 radical (unpaired) electrons. The summed E-state index contributed by atoms with van der Waals surface area (Å²) >= 11 is 0. The second kappa shape index (κ2) is 4.59. The Morgan fingerprint density at radius 2 is 2.12 bits per heavy atom. The van der Waals surface area contributed by atoms with Crippen LogP contribution in [-0.2, 0) is 4.74 Å². The van der Waals surface area contributed by atoms with E-state index in [1.165, 1.54) is 0 Å². The minimum absolute atomic E-state index is 0.223. The molecule has 0 saturated carbocycles. The lowest BCUT2D eigenvalue weighted by Gasteiger charge is -2.46. The van der Waals surface area contributed by atoms with Gasteiger partial charge in [-0.3, -0.25) is 0 Å². The van der Waals surface area contributed by atoms with Crippen LogP contribution >= 0.6 is 0 Å². The van der Waals surface area contributed by atoms with Crippen molar-refractivity contribution in [2.24, 2.45) is 5.92 Å². The van der Waals surface area contributed by atoms with Crippen LogP contribution in [0.3, 0.4) is 0 Å². The molecule has 2 aliphatic rings. The zero-order valence-electron chi connectivity index (χ0n) is 9.74. The Hall–Kier alpha value is -0.810. The molecule has 92 valence electrons. The third-order valence-corrected chi connectivity index (χ3v) is 3.64. The van der Waals surface area contributed by atoms with Crippen molar-refractivity contribution in [2.75, 3.05) is 32.8 Å². The van der Waals surface area contributed by atoms with Crippen molar-refractivity contribution >= 4 is 6.09 Å². The van der Waals surface area contributed by atoms with Crippen LogP contribution in [0.15, 0.2) is 0 Å². The molecule has 2 aliphatic heterocycles. The molecule has 0 aliphatic carbocycles. The minimum Gasteiger partial charge on any atom is -0.450 e. The predicted molar refractivity (Wildman–Crippen MR) is 59.1 cm³/mol. The van der Waals surface area contributed by atoms with Gasteiger partial charge in [0.05, 0.1) is 12.2 Å². The molecule has 2 heterocycles. The Morgan fingerprint density at radius 1 is 1.50 bits per heavy atom. The lowest BCUT2D eigenvalue weighted by Crippen LogP contribution is -2.65. The first-order valence-corrected chi connectivity index (χ1v) is 6.00. The average molecular weight is 228 g/mol. The van der Waals surface area contributed by atoms with Crippen molar-refractivity contribution in [3.05, 3.63) is 0 Å². The predicted octanol–water partition coefficient (Wildman–Crippen LogP) is 0.189. The van der Waals surface area contributed by atoms with Gasteiger partial charge < -0.3 is 20.1 Å². The third-order valence-electron chi connectivity index (χ3n) is 3.64. The van der Waals surface area contributed by atoms with Crippen molar-refractivity contribution < 1.29 is 14.6 Å². The number of carbonyl (C=O) groups excluding carboxylic acids is 1. The second-order valence-corrected chi connectivity index (χ2v) is 4.67. The van der Waals surface area contributed by atoms with Crippen molar-refractivity contribution in [3.63, 3.8) is 0 Å². The van der Waals surface area contributed by atoms with Crippen LogP contribution < -0.4 is 5.32 Å². The van der Waals surface area contributed by atoms with Crippen LogP contribution in [0.1, 0.15) is 19.8 Å². The molecule has 0 bridgehead atoms. The topological polar surface area (TPSA) is 61.8 Å². The number of piperidine rings is 1. The highest BCUT2D eigenvalue weighted by Gasteiger charge is 2.43. The summed E-state index contributed by atoms with van der Waals surface area (Å²) in [5.41, 5.74) is -0.527. The van der Waals surface area contributed by atoms with E-state index in [-0.39, 0.29) is 6.09 Å². The number of aliphatic hydroxyl groups is 1. The molecule has 0 spiro atoms. The van der Waals surface area contributed by atoms with Crippen molar-refractivity contribution in [3.8, 4) is 0 Å². The summed E-state index contributed by atoms with van der Waals surface area (Å²) < 4.78 is 4.95. The zero-order valence-corrected chi connectivity index (χ0v) is 9.74. The first kappa shape index (κ1) is 11.7. The standard InChI is InChI=1S/C11H20N2O3/c1-2-16-10(14)13-5-3-9(4-6-13)11(15)7-12-8-11/h9,12,15H,2-8H2,1H3. The van der Waals surface area contributed by atoms with E-state index >= 15 is 0 Å². The van der Waals surface area contributed by atoms with Gasteiger partial charge in [-0.05, 0) is 25.7 Å². The van der Waals surface area contributed by atoms with Crippen LogP contribution in [0.5, 0.6) is 0 Å². The largest absolute Gasteiger partial charge is 0.450 e. The van der Waals surface area contributed by atoms with E-state index in [2.05, 4.69) is 5.32 Å². The molecule has 1 amide bonds. The fourth-order valence-electron chi connectivity index (χ4n) is 2.48. The number of ether oxygens (including phenoxy) is 1. The van der Waals surface area contributed by atoms with Gasteiger partial charge in [-0.2, -0.15) is 0 Å². The van der Waals surface area contributed by atoms with E-state index in [1.807, 2.05) is 6.92 Å². The normalized spacial score (nSPS) is 25.0. The van der Waals surface area contributed by atoms with E-state index in [4.69, 9.17) is 4.74 Å². The highest BCUT2D eigenvalue weighted by Crippen LogP contribution is 2.31. The monoisotopic (exact) mass is 228 g/mol. The number of hydrogen-bond donors (Lipinski definition) is 2. The van der Waals surface area contributed by atoms with Crippen LogP contribution in [0, 0.1) is 5.92 Å². The van der Waals surface area contributed by atoms with E-state index in [9.17, 15) is 9.90 Å². The van der Waals surface area contributed by atoms with E-state index in [1.54, 1.807) is 4.90 Å². The number of hydrogen-bond acceptors (Lipinski definition) is 4. The second-order valence-electron chi connectivity index (χ2n) is 4.67. The van der Waals surface area contributed by atoms with Crippen molar-refractivity contribution in [2.45, 2.75) is 25.4 Å². The molecular formula is C11H20N2O3. The first-order valence-electron chi connectivity index (χ1n) is 6.00. The highest BCUT2D eigenvalue weighted by molar-refractivity contribution is 5.67.